The molecule has 4 rings (SSSR count). The van der Waals surface area contributed by atoms with Crippen molar-refractivity contribution in [2.24, 2.45) is 5.73 Å². The monoisotopic (exact) mass is 675 g/mol. The fraction of sp³-hybridized carbons (Fsp3) is 0.433. The van der Waals surface area contributed by atoms with Gasteiger partial charge >= 0.3 is 30.3 Å². The van der Waals surface area contributed by atoms with Gasteiger partial charge in [-0.2, -0.15) is 26.3 Å². The first-order chi connectivity index (χ1) is 21.7. The summed E-state index contributed by atoms with van der Waals surface area (Å²) in [5.74, 6) is -4.64. The van der Waals surface area contributed by atoms with Crippen LogP contribution in [0.15, 0.2) is 36.4 Å². The highest BCUT2D eigenvalue weighted by Gasteiger charge is 2.39. The third-order valence-electron chi connectivity index (χ3n) is 7.11. The Morgan fingerprint density at radius 2 is 1.32 bits per heavy atom. The number of aliphatic carboxylic acids is 2. The van der Waals surface area contributed by atoms with Crippen LogP contribution in [0.3, 0.4) is 0 Å². The summed E-state index contributed by atoms with van der Waals surface area (Å²) in [6.07, 6.45) is -5.22. The molecule has 47 heavy (non-hydrogen) atoms. The standard InChI is InChI=1S/C26H33N5O2.2C2HF3O2/c1-17-14-20(25(29)30-11-5-6-12-30)15-18(2)23(17)33-26(32)22-10-3-4-13-31(22)21-9-7-8-19(16-21)24(27)28;2*3-2(4,5)1(6)7/h7-9,14-16,22,29H,3-6,10-13H2,1-2H3,(H3,27,28);2*(H,6,7)/t22-;;/m1../s1. The lowest BCUT2D eigenvalue weighted by atomic mass is 10.00. The van der Waals surface area contributed by atoms with Gasteiger partial charge in [0.15, 0.2) is 0 Å². The van der Waals surface area contributed by atoms with Crippen LogP contribution in [0, 0.1) is 24.7 Å². The van der Waals surface area contributed by atoms with E-state index in [0.29, 0.717) is 17.1 Å². The number of ether oxygens (including phenoxy) is 1. The van der Waals surface area contributed by atoms with Crippen LogP contribution in [-0.2, 0) is 14.4 Å². The van der Waals surface area contributed by atoms with Crippen LogP contribution in [-0.4, -0.2) is 82.7 Å². The van der Waals surface area contributed by atoms with Gasteiger partial charge in [0.05, 0.1) is 0 Å². The molecule has 2 aliphatic rings. The van der Waals surface area contributed by atoms with Gasteiger partial charge in [-0.25, -0.2) is 14.4 Å². The Bertz CT molecular complexity index is 1430. The maximum Gasteiger partial charge on any atom is 0.490 e. The average Bonchev–Trinajstić information content (AvgIpc) is 3.53. The third-order valence-corrected chi connectivity index (χ3v) is 7.11. The molecule has 2 fully saturated rings. The normalized spacial score (nSPS) is 16.2. The number of rotatable bonds is 5. The van der Waals surface area contributed by atoms with Gasteiger partial charge in [0.2, 0.25) is 0 Å². The molecule has 2 aliphatic heterocycles. The molecule has 0 unspecified atom stereocenters. The molecule has 2 saturated heterocycles. The summed E-state index contributed by atoms with van der Waals surface area (Å²) in [5, 5.41) is 30.5. The zero-order valence-corrected chi connectivity index (χ0v) is 25.5. The smallest absolute Gasteiger partial charge is 0.475 e. The molecule has 2 heterocycles. The number of carbonyl (C=O) groups is 3. The number of alkyl halides is 6. The maximum atomic E-state index is 13.3. The van der Waals surface area contributed by atoms with Crippen LogP contribution in [0.5, 0.6) is 5.75 Å². The SMILES string of the molecule is Cc1cc(C(=N)N2CCCC2)cc(C)c1OC(=O)[C@H]1CCCCN1c1cccc(C(=N)N)c1.O=C(O)C(F)(F)F.O=C(O)C(F)(F)F. The highest BCUT2D eigenvalue weighted by atomic mass is 19.4. The first kappa shape index (κ1) is 38.4. The summed E-state index contributed by atoms with van der Waals surface area (Å²) in [7, 11) is 0. The van der Waals surface area contributed by atoms with E-state index in [0.717, 1.165) is 74.1 Å². The van der Waals surface area contributed by atoms with Crippen molar-refractivity contribution >= 4 is 35.3 Å². The number of carboxylic acid groups (broad SMARTS) is 2. The van der Waals surface area contributed by atoms with E-state index in [1.54, 1.807) is 6.07 Å². The maximum absolute atomic E-state index is 13.3. The molecule has 2 aromatic carbocycles. The van der Waals surface area contributed by atoms with E-state index in [2.05, 4.69) is 9.80 Å². The Kier molecular flexibility index (Phi) is 13.2. The van der Waals surface area contributed by atoms with Gasteiger partial charge in [0, 0.05) is 36.4 Å². The average molecular weight is 676 g/mol. The Morgan fingerprint density at radius 1 is 0.830 bits per heavy atom. The molecule has 6 N–H and O–H groups in total. The second-order valence-electron chi connectivity index (χ2n) is 10.7. The number of nitrogens with two attached hydrogens (primary N) is 1. The van der Waals surface area contributed by atoms with Crippen molar-refractivity contribution in [3.8, 4) is 5.75 Å². The van der Waals surface area contributed by atoms with Crippen LogP contribution in [0.4, 0.5) is 32.0 Å². The Morgan fingerprint density at radius 3 is 1.79 bits per heavy atom. The minimum absolute atomic E-state index is 0.0128. The number of amidine groups is 2. The second-order valence-corrected chi connectivity index (χ2v) is 10.7. The Balaban J connectivity index is 0.000000459. The number of hydrogen-bond donors (Lipinski definition) is 5. The van der Waals surface area contributed by atoms with Crippen molar-refractivity contribution < 1.29 is 55.7 Å². The molecule has 0 spiro atoms. The van der Waals surface area contributed by atoms with E-state index in [1.807, 2.05) is 44.2 Å². The van der Waals surface area contributed by atoms with Crippen LogP contribution in [0.2, 0.25) is 0 Å². The number of nitrogen functional groups attached to an aromatic ring is 1. The number of benzene rings is 2. The fourth-order valence-electron chi connectivity index (χ4n) is 4.88. The summed E-state index contributed by atoms with van der Waals surface area (Å²) in [6.45, 7) is 6.48. The molecule has 258 valence electrons. The van der Waals surface area contributed by atoms with Crippen molar-refractivity contribution in [2.45, 2.75) is 64.3 Å². The van der Waals surface area contributed by atoms with Gasteiger partial charge in [0.25, 0.3) is 0 Å². The molecular weight excluding hydrogens is 640 g/mol. The molecule has 17 heteroatoms. The van der Waals surface area contributed by atoms with Gasteiger partial charge in [-0.1, -0.05) is 12.1 Å². The van der Waals surface area contributed by atoms with E-state index in [-0.39, 0.29) is 17.8 Å². The van der Waals surface area contributed by atoms with E-state index in [9.17, 15) is 31.1 Å². The number of piperidine rings is 1. The minimum atomic E-state index is -5.08. The van der Waals surface area contributed by atoms with Crippen molar-refractivity contribution in [3.05, 3.63) is 58.7 Å². The number of aryl methyl sites for hydroxylation is 2. The lowest BCUT2D eigenvalue weighted by Gasteiger charge is -2.36. The number of nitrogens with one attached hydrogen (secondary N) is 2. The number of halogens is 6. The molecule has 0 amide bonds. The molecule has 0 aliphatic carbocycles. The predicted molar refractivity (Wildman–Crippen MR) is 159 cm³/mol. The third kappa shape index (κ3) is 11.2. The quantitative estimate of drug-likeness (QED) is 0.0931. The highest BCUT2D eigenvalue weighted by Crippen LogP contribution is 2.30. The molecule has 0 bridgehead atoms. The molecular formula is C30H35F6N5O6. The zero-order chi connectivity index (χ0) is 35.7. The number of anilines is 1. The van der Waals surface area contributed by atoms with E-state index in [1.165, 1.54) is 0 Å². The van der Waals surface area contributed by atoms with Crippen LogP contribution in [0.1, 0.15) is 54.4 Å². The molecule has 0 radical (unpaired) electrons. The number of hydrogen-bond acceptors (Lipinski definition) is 7. The topological polar surface area (TPSA) is 181 Å². The number of esters is 1. The Hall–Kier alpha value is -4.83. The summed E-state index contributed by atoms with van der Waals surface area (Å²) in [6, 6.07) is 11.0. The number of carbonyl (C=O) groups excluding carboxylic acids is 1. The summed E-state index contributed by atoms with van der Waals surface area (Å²) < 4.78 is 69.4. The number of likely N-dealkylation sites (tertiary alicyclic amines) is 1. The second kappa shape index (κ2) is 16.1. The van der Waals surface area contributed by atoms with Gasteiger partial charge in [0.1, 0.15) is 23.5 Å². The van der Waals surface area contributed by atoms with Crippen molar-refractivity contribution in [3.63, 3.8) is 0 Å². The highest BCUT2D eigenvalue weighted by molar-refractivity contribution is 5.97. The van der Waals surface area contributed by atoms with Crippen molar-refractivity contribution in [2.75, 3.05) is 24.5 Å². The first-order valence-corrected chi connectivity index (χ1v) is 14.2. The van der Waals surface area contributed by atoms with Gasteiger partial charge in [-0.3, -0.25) is 10.8 Å². The van der Waals surface area contributed by atoms with Crippen molar-refractivity contribution in [1.29, 1.82) is 10.8 Å². The molecule has 0 saturated carbocycles. The summed E-state index contributed by atoms with van der Waals surface area (Å²) in [5.41, 5.74) is 9.79. The molecule has 11 nitrogen and oxygen atoms in total. The zero-order valence-electron chi connectivity index (χ0n) is 25.5. The first-order valence-electron chi connectivity index (χ1n) is 14.2. The van der Waals surface area contributed by atoms with E-state index >= 15 is 0 Å². The Labute approximate surface area is 265 Å². The largest absolute Gasteiger partial charge is 0.490 e. The summed E-state index contributed by atoms with van der Waals surface area (Å²) in [4.78, 5) is 35.3. The van der Waals surface area contributed by atoms with Crippen LogP contribution < -0.4 is 15.4 Å². The molecule has 2 aromatic rings. The molecule has 0 aromatic heterocycles. The number of carboxylic acids is 2. The van der Waals surface area contributed by atoms with Gasteiger partial charge in [-0.05, 0) is 81.3 Å². The van der Waals surface area contributed by atoms with Crippen LogP contribution in [0.25, 0.3) is 0 Å². The van der Waals surface area contributed by atoms with Crippen LogP contribution >= 0.6 is 0 Å². The minimum Gasteiger partial charge on any atom is -0.475 e. The van der Waals surface area contributed by atoms with Gasteiger partial charge in [-0.15, -0.1) is 0 Å². The predicted octanol–water partition coefficient (Wildman–Crippen LogP) is 5.24. The number of nitrogens with zero attached hydrogens (tertiary/aromatic N) is 2. The van der Waals surface area contributed by atoms with Gasteiger partial charge < -0.3 is 30.5 Å². The lowest BCUT2D eigenvalue weighted by Crippen LogP contribution is -2.46. The lowest BCUT2D eigenvalue weighted by molar-refractivity contribution is -0.193. The fourth-order valence-corrected chi connectivity index (χ4v) is 4.88. The van der Waals surface area contributed by atoms with Crippen molar-refractivity contribution in [1.82, 2.24) is 4.90 Å². The van der Waals surface area contributed by atoms with E-state index in [4.69, 9.17) is 41.1 Å². The van der Waals surface area contributed by atoms with E-state index < -0.39 is 24.3 Å². The molecule has 1 atom stereocenters. The summed E-state index contributed by atoms with van der Waals surface area (Å²) >= 11 is 0.